The molecule has 1 heteroatoms. The predicted molar refractivity (Wildman–Crippen MR) is 83.7 cm³/mol. The zero-order valence-corrected chi connectivity index (χ0v) is 11.6. The van der Waals surface area contributed by atoms with Crippen molar-refractivity contribution < 1.29 is 0 Å². The molecule has 2 aromatic carbocycles. The molecule has 0 atom stereocenters. The lowest BCUT2D eigenvalue weighted by Crippen LogP contribution is -1.91. The van der Waals surface area contributed by atoms with E-state index in [4.69, 9.17) is 0 Å². The fourth-order valence-electron chi connectivity index (χ4n) is 2.30. The van der Waals surface area contributed by atoms with E-state index in [9.17, 15) is 0 Å². The summed E-state index contributed by atoms with van der Waals surface area (Å²) in [5, 5.41) is 0. The van der Waals surface area contributed by atoms with Gasteiger partial charge in [0.1, 0.15) is 0 Å². The van der Waals surface area contributed by atoms with Crippen LogP contribution in [0.3, 0.4) is 0 Å². The molecular weight excluding hydrogens is 242 g/mol. The van der Waals surface area contributed by atoms with Crippen LogP contribution in [0.25, 0.3) is 11.3 Å². The zero-order chi connectivity index (χ0) is 13.8. The minimum atomic E-state index is 0.947. The van der Waals surface area contributed by atoms with Gasteiger partial charge >= 0.3 is 0 Å². The number of hydrogen-bond donors (Lipinski definition) is 0. The van der Waals surface area contributed by atoms with Gasteiger partial charge in [-0.3, -0.25) is 4.98 Å². The minimum absolute atomic E-state index is 0.947. The van der Waals surface area contributed by atoms with Gasteiger partial charge in [0.25, 0.3) is 0 Å². The molecule has 1 nitrogen and oxygen atoms in total. The van der Waals surface area contributed by atoms with Gasteiger partial charge in [0.05, 0.1) is 5.69 Å². The third-order valence-corrected chi connectivity index (χ3v) is 3.42. The van der Waals surface area contributed by atoms with Crippen LogP contribution in [-0.4, -0.2) is 4.98 Å². The van der Waals surface area contributed by atoms with Crippen LogP contribution in [-0.2, 0) is 6.42 Å². The number of pyridine rings is 1. The lowest BCUT2D eigenvalue weighted by molar-refractivity contribution is 1.16. The van der Waals surface area contributed by atoms with Gasteiger partial charge in [-0.05, 0) is 36.6 Å². The summed E-state index contributed by atoms with van der Waals surface area (Å²) < 4.78 is 0. The van der Waals surface area contributed by atoms with E-state index < -0.39 is 0 Å². The van der Waals surface area contributed by atoms with E-state index in [1.165, 1.54) is 22.3 Å². The summed E-state index contributed by atoms with van der Waals surface area (Å²) >= 11 is 0. The molecule has 0 saturated carbocycles. The second-order valence-electron chi connectivity index (χ2n) is 5.08. The van der Waals surface area contributed by atoms with Crippen LogP contribution in [0.15, 0.2) is 72.9 Å². The predicted octanol–water partition coefficient (Wildman–Crippen LogP) is 4.65. The number of aryl methyl sites for hydroxylation is 1. The number of hydrogen-bond acceptors (Lipinski definition) is 1. The average molecular weight is 259 g/mol. The second kappa shape index (κ2) is 5.70. The number of rotatable bonds is 3. The quantitative estimate of drug-likeness (QED) is 0.667. The molecule has 0 aliphatic carbocycles. The van der Waals surface area contributed by atoms with E-state index >= 15 is 0 Å². The van der Waals surface area contributed by atoms with E-state index in [-0.39, 0.29) is 0 Å². The maximum atomic E-state index is 4.48. The first kappa shape index (κ1) is 12.6. The van der Waals surface area contributed by atoms with Crippen LogP contribution in [0.5, 0.6) is 0 Å². The van der Waals surface area contributed by atoms with E-state index in [0.29, 0.717) is 0 Å². The number of benzene rings is 2. The van der Waals surface area contributed by atoms with E-state index in [1.54, 1.807) is 0 Å². The largest absolute Gasteiger partial charge is 0.256 e. The Morgan fingerprint density at radius 2 is 1.55 bits per heavy atom. The minimum Gasteiger partial charge on any atom is -0.256 e. The van der Waals surface area contributed by atoms with Crippen molar-refractivity contribution in [2.45, 2.75) is 13.3 Å². The maximum Gasteiger partial charge on any atom is 0.0704 e. The molecule has 0 unspecified atom stereocenters. The standard InChI is InChI=1S/C19H17N/c1-15-7-9-18(10-8-15)19-14-17(11-12-20-19)13-16-5-3-2-4-6-16/h2-12,14H,13H2,1H3. The molecule has 0 fully saturated rings. The molecule has 0 spiro atoms. The summed E-state index contributed by atoms with van der Waals surface area (Å²) in [6.07, 6.45) is 2.84. The highest BCUT2D eigenvalue weighted by molar-refractivity contribution is 5.60. The summed E-state index contributed by atoms with van der Waals surface area (Å²) in [5.41, 5.74) is 6.11. The van der Waals surface area contributed by atoms with Crippen molar-refractivity contribution in [3.05, 3.63) is 89.6 Å². The Labute approximate surface area is 119 Å². The van der Waals surface area contributed by atoms with Crippen molar-refractivity contribution in [2.75, 3.05) is 0 Å². The molecule has 1 heterocycles. The normalized spacial score (nSPS) is 10.4. The summed E-state index contributed by atoms with van der Waals surface area (Å²) in [4.78, 5) is 4.48. The topological polar surface area (TPSA) is 12.9 Å². The lowest BCUT2D eigenvalue weighted by atomic mass is 10.0. The van der Waals surface area contributed by atoms with Crippen molar-refractivity contribution in [3.8, 4) is 11.3 Å². The Bertz CT molecular complexity index is 684. The highest BCUT2D eigenvalue weighted by Gasteiger charge is 2.01. The van der Waals surface area contributed by atoms with Gasteiger partial charge in [-0.15, -0.1) is 0 Å². The Morgan fingerprint density at radius 3 is 2.30 bits per heavy atom. The summed E-state index contributed by atoms with van der Waals surface area (Å²) in [6, 6.07) is 23.3. The van der Waals surface area contributed by atoms with Crippen LogP contribution < -0.4 is 0 Å². The highest BCUT2D eigenvalue weighted by Crippen LogP contribution is 2.19. The van der Waals surface area contributed by atoms with Gasteiger partial charge in [-0.1, -0.05) is 60.2 Å². The Kier molecular flexibility index (Phi) is 3.60. The van der Waals surface area contributed by atoms with Crippen LogP contribution >= 0.6 is 0 Å². The van der Waals surface area contributed by atoms with Gasteiger partial charge in [-0.2, -0.15) is 0 Å². The molecule has 0 saturated heterocycles. The van der Waals surface area contributed by atoms with Gasteiger partial charge < -0.3 is 0 Å². The highest BCUT2D eigenvalue weighted by atomic mass is 14.7. The van der Waals surface area contributed by atoms with Gasteiger partial charge in [0.2, 0.25) is 0 Å². The first-order chi connectivity index (χ1) is 9.81. The van der Waals surface area contributed by atoms with Crippen molar-refractivity contribution in [3.63, 3.8) is 0 Å². The maximum absolute atomic E-state index is 4.48. The molecular formula is C19H17N. The number of nitrogens with zero attached hydrogens (tertiary/aromatic N) is 1. The molecule has 20 heavy (non-hydrogen) atoms. The molecule has 0 bridgehead atoms. The van der Waals surface area contributed by atoms with E-state index in [0.717, 1.165) is 12.1 Å². The molecule has 98 valence electrons. The monoisotopic (exact) mass is 259 g/mol. The summed E-state index contributed by atoms with van der Waals surface area (Å²) in [5.74, 6) is 0. The van der Waals surface area contributed by atoms with Crippen molar-refractivity contribution in [1.82, 2.24) is 4.98 Å². The Morgan fingerprint density at radius 1 is 0.800 bits per heavy atom. The summed E-state index contributed by atoms with van der Waals surface area (Å²) in [7, 11) is 0. The van der Waals surface area contributed by atoms with Gasteiger partial charge in [0, 0.05) is 11.8 Å². The van der Waals surface area contributed by atoms with E-state index in [1.807, 2.05) is 12.3 Å². The Hall–Kier alpha value is -2.41. The van der Waals surface area contributed by atoms with Crippen LogP contribution in [0.4, 0.5) is 0 Å². The third-order valence-electron chi connectivity index (χ3n) is 3.42. The zero-order valence-electron chi connectivity index (χ0n) is 11.6. The number of aromatic nitrogens is 1. The van der Waals surface area contributed by atoms with Crippen molar-refractivity contribution in [2.24, 2.45) is 0 Å². The van der Waals surface area contributed by atoms with Crippen molar-refractivity contribution >= 4 is 0 Å². The second-order valence-corrected chi connectivity index (χ2v) is 5.08. The molecule has 0 amide bonds. The van der Waals surface area contributed by atoms with Crippen LogP contribution in [0, 0.1) is 6.92 Å². The first-order valence-electron chi connectivity index (χ1n) is 6.87. The van der Waals surface area contributed by atoms with Gasteiger partial charge in [-0.25, -0.2) is 0 Å². The van der Waals surface area contributed by atoms with Crippen LogP contribution in [0.1, 0.15) is 16.7 Å². The molecule has 0 N–H and O–H groups in total. The SMILES string of the molecule is Cc1ccc(-c2cc(Cc3ccccc3)ccn2)cc1. The van der Waals surface area contributed by atoms with Crippen molar-refractivity contribution in [1.29, 1.82) is 0 Å². The Balaban J connectivity index is 1.88. The third kappa shape index (κ3) is 2.94. The molecule has 3 aromatic rings. The van der Waals surface area contributed by atoms with E-state index in [2.05, 4.69) is 72.6 Å². The molecule has 1 aromatic heterocycles. The molecule has 0 aliphatic rings. The van der Waals surface area contributed by atoms with Gasteiger partial charge in [0.15, 0.2) is 0 Å². The molecule has 3 rings (SSSR count). The lowest BCUT2D eigenvalue weighted by Gasteiger charge is -2.05. The smallest absolute Gasteiger partial charge is 0.0704 e. The molecule has 0 aliphatic heterocycles. The summed E-state index contributed by atoms with van der Waals surface area (Å²) in [6.45, 7) is 2.10. The fraction of sp³-hybridized carbons (Fsp3) is 0.105. The van der Waals surface area contributed by atoms with Crippen LogP contribution in [0.2, 0.25) is 0 Å². The first-order valence-corrected chi connectivity index (χ1v) is 6.87. The average Bonchev–Trinajstić information content (AvgIpc) is 2.49. The fourth-order valence-corrected chi connectivity index (χ4v) is 2.30. The molecule has 0 radical (unpaired) electrons.